The highest BCUT2D eigenvalue weighted by atomic mass is 32.2. The summed E-state index contributed by atoms with van der Waals surface area (Å²) in [4.78, 5) is 51.3. The number of rotatable bonds is 12. The van der Waals surface area contributed by atoms with E-state index in [0.717, 1.165) is 34.3 Å². The molecule has 0 unspecified atom stereocenters. The molecule has 1 aromatic carbocycles. The van der Waals surface area contributed by atoms with Crippen LogP contribution in [0.5, 0.6) is 0 Å². The molecule has 0 saturated carbocycles. The monoisotopic (exact) mass is 625 g/mol. The molecule has 4 aromatic rings. The molecular formula is C29H31N5O7S2. The van der Waals surface area contributed by atoms with E-state index >= 15 is 0 Å². The van der Waals surface area contributed by atoms with Crippen LogP contribution in [-0.2, 0) is 20.8 Å². The van der Waals surface area contributed by atoms with Crippen molar-refractivity contribution in [1.29, 1.82) is 0 Å². The van der Waals surface area contributed by atoms with Gasteiger partial charge in [-0.1, -0.05) is 23.9 Å². The van der Waals surface area contributed by atoms with Crippen LogP contribution in [-0.4, -0.2) is 57.0 Å². The number of anilines is 1. The molecule has 0 saturated heterocycles. The number of nitrogens with zero attached hydrogens (tertiary/aromatic N) is 3. The van der Waals surface area contributed by atoms with E-state index in [9.17, 15) is 19.2 Å². The van der Waals surface area contributed by atoms with Gasteiger partial charge in [0.2, 0.25) is 5.91 Å². The first-order valence-corrected chi connectivity index (χ1v) is 15.1. The summed E-state index contributed by atoms with van der Waals surface area (Å²) < 4.78 is 17.2. The average Bonchev–Trinajstić information content (AvgIpc) is 3.71. The van der Waals surface area contributed by atoms with Gasteiger partial charge in [0.05, 0.1) is 36.8 Å². The third-order valence-corrected chi connectivity index (χ3v) is 8.32. The number of carbonyl (C=O) groups is 4. The fourth-order valence-electron chi connectivity index (χ4n) is 4.04. The number of amides is 2. The summed E-state index contributed by atoms with van der Waals surface area (Å²) in [5.41, 5.74) is 2.23. The Labute approximate surface area is 256 Å². The molecule has 0 radical (unpaired) electrons. The smallest absolute Gasteiger partial charge is 0.348 e. The van der Waals surface area contributed by atoms with Crippen molar-refractivity contribution < 1.29 is 33.1 Å². The quantitative estimate of drug-likeness (QED) is 0.163. The maximum absolute atomic E-state index is 13.4. The first-order valence-electron chi connectivity index (χ1n) is 13.4. The first kappa shape index (κ1) is 31.5. The average molecular weight is 626 g/mol. The Morgan fingerprint density at radius 3 is 2.47 bits per heavy atom. The van der Waals surface area contributed by atoms with Gasteiger partial charge in [-0.05, 0) is 70.0 Å². The fourth-order valence-corrected chi connectivity index (χ4v) is 6.02. The number of aromatic nitrogens is 3. The molecule has 0 aliphatic carbocycles. The zero-order valence-corrected chi connectivity index (χ0v) is 25.9. The van der Waals surface area contributed by atoms with E-state index in [0.29, 0.717) is 16.5 Å². The van der Waals surface area contributed by atoms with E-state index in [-0.39, 0.29) is 41.0 Å². The topological polar surface area (TPSA) is 155 Å². The van der Waals surface area contributed by atoms with Gasteiger partial charge in [0, 0.05) is 5.69 Å². The summed E-state index contributed by atoms with van der Waals surface area (Å²) >= 11 is 2.10. The van der Waals surface area contributed by atoms with Gasteiger partial charge in [-0.3, -0.25) is 14.2 Å². The van der Waals surface area contributed by atoms with Crippen LogP contribution in [0.3, 0.4) is 0 Å². The number of benzene rings is 1. The van der Waals surface area contributed by atoms with Crippen LogP contribution in [0.4, 0.5) is 5.00 Å². The highest BCUT2D eigenvalue weighted by Crippen LogP contribution is 2.35. The van der Waals surface area contributed by atoms with Crippen molar-refractivity contribution in [3.8, 4) is 5.69 Å². The maximum atomic E-state index is 13.4. The number of furan rings is 1. The molecule has 12 nitrogen and oxygen atoms in total. The highest BCUT2D eigenvalue weighted by molar-refractivity contribution is 8.00. The Hall–Kier alpha value is -4.43. The molecule has 0 bridgehead atoms. The van der Waals surface area contributed by atoms with Crippen LogP contribution >= 0.6 is 23.1 Å². The number of ether oxygens (including phenoxy) is 2. The highest BCUT2D eigenvalue weighted by Gasteiger charge is 2.29. The van der Waals surface area contributed by atoms with Crippen molar-refractivity contribution in [1.82, 2.24) is 20.1 Å². The third-order valence-electron chi connectivity index (χ3n) is 6.09. The lowest BCUT2D eigenvalue weighted by Gasteiger charge is -2.14. The van der Waals surface area contributed by atoms with Gasteiger partial charge in [-0.2, -0.15) is 0 Å². The molecule has 3 aromatic heterocycles. The fraction of sp³-hybridized carbons (Fsp3) is 0.310. The Bertz CT molecular complexity index is 1630. The number of aryl methyl sites for hydroxylation is 1. The predicted molar refractivity (Wildman–Crippen MR) is 161 cm³/mol. The molecule has 2 amide bonds. The normalized spacial score (nSPS) is 11.6. The van der Waals surface area contributed by atoms with E-state index in [2.05, 4.69) is 20.8 Å². The molecule has 3 heterocycles. The van der Waals surface area contributed by atoms with Gasteiger partial charge in [0.25, 0.3) is 5.91 Å². The number of esters is 2. The molecule has 0 spiro atoms. The van der Waals surface area contributed by atoms with Crippen LogP contribution in [0.25, 0.3) is 5.69 Å². The lowest BCUT2D eigenvalue weighted by atomic mass is 10.1. The van der Waals surface area contributed by atoms with Crippen LogP contribution in [0.1, 0.15) is 68.3 Å². The molecule has 2 N–H and O–H groups in total. The molecule has 1 atom stereocenters. The van der Waals surface area contributed by atoms with Gasteiger partial charge in [0.1, 0.15) is 9.88 Å². The summed E-state index contributed by atoms with van der Waals surface area (Å²) in [5.74, 6) is -1.47. The largest absolute Gasteiger partial charge is 0.462 e. The Kier molecular flexibility index (Phi) is 10.4. The van der Waals surface area contributed by atoms with Crippen molar-refractivity contribution in [3.63, 3.8) is 0 Å². The van der Waals surface area contributed by atoms with E-state index < -0.39 is 29.0 Å². The zero-order chi connectivity index (χ0) is 31.1. The number of hydrogen-bond donors (Lipinski definition) is 2. The standard InChI is InChI=1S/C29H31N5O7S2/c1-6-39-27(37)22-17(4)23(28(38)40-7-2)43-26(22)31-24(35)18(5)42-29-33-32-21(15-30-25(36)20-12-9-13-41-20)34(29)19-11-8-10-16(3)14-19/h8-14,18H,6-7,15H2,1-5H3,(H,30,36)(H,31,35)/t18-/m0/s1. The summed E-state index contributed by atoms with van der Waals surface area (Å²) in [5, 5.41) is 14.1. The van der Waals surface area contributed by atoms with Gasteiger partial charge >= 0.3 is 11.9 Å². The Morgan fingerprint density at radius 1 is 1.05 bits per heavy atom. The molecule has 0 fully saturated rings. The number of hydrogen-bond acceptors (Lipinski definition) is 11. The van der Waals surface area contributed by atoms with Crippen LogP contribution in [0.15, 0.2) is 52.2 Å². The van der Waals surface area contributed by atoms with Crippen molar-refractivity contribution in [2.24, 2.45) is 0 Å². The second kappa shape index (κ2) is 14.2. The molecule has 0 aliphatic rings. The number of thioether (sulfide) groups is 1. The first-order chi connectivity index (χ1) is 20.6. The number of carbonyl (C=O) groups excluding carboxylic acids is 4. The molecular weight excluding hydrogens is 594 g/mol. The van der Waals surface area contributed by atoms with Gasteiger partial charge < -0.3 is 24.5 Å². The van der Waals surface area contributed by atoms with E-state index in [4.69, 9.17) is 13.9 Å². The summed E-state index contributed by atoms with van der Waals surface area (Å²) in [6.07, 6.45) is 1.41. The lowest BCUT2D eigenvalue weighted by Crippen LogP contribution is -2.25. The second-order valence-corrected chi connectivity index (χ2v) is 11.5. The Morgan fingerprint density at radius 2 is 1.79 bits per heavy atom. The molecule has 14 heteroatoms. The minimum atomic E-state index is -0.707. The van der Waals surface area contributed by atoms with E-state index in [1.165, 1.54) is 6.26 Å². The van der Waals surface area contributed by atoms with Gasteiger partial charge in [-0.25, -0.2) is 9.59 Å². The van der Waals surface area contributed by atoms with Gasteiger partial charge in [-0.15, -0.1) is 21.5 Å². The van der Waals surface area contributed by atoms with Gasteiger partial charge in [0.15, 0.2) is 16.7 Å². The van der Waals surface area contributed by atoms with E-state index in [1.807, 2.05) is 31.2 Å². The van der Waals surface area contributed by atoms with Crippen LogP contribution in [0.2, 0.25) is 0 Å². The summed E-state index contributed by atoms with van der Waals surface area (Å²) in [6.45, 7) is 8.94. The molecule has 0 aliphatic heterocycles. The second-order valence-electron chi connectivity index (χ2n) is 9.18. The molecule has 43 heavy (non-hydrogen) atoms. The van der Waals surface area contributed by atoms with E-state index in [1.54, 1.807) is 44.4 Å². The minimum Gasteiger partial charge on any atom is -0.462 e. The van der Waals surface area contributed by atoms with Crippen molar-refractivity contribution in [3.05, 3.63) is 75.8 Å². The van der Waals surface area contributed by atoms with Crippen LogP contribution < -0.4 is 10.6 Å². The van der Waals surface area contributed by atoms with Crippen molar-refractivity contribution in [2.45, 2.75) is 51.6 Å². The third kappa shape index (κ3) is 7.32. The summed E-state index contributed by atoms with van der Waals surface area (Å²) in [6, 6.07) is 10.8. The zero-order valence-electron chi connectivity index (χ0n) is 24.3. The Balaban J connectivity index is 1.59. The number of nitrogens with one attached hydrogen (secondary N) is 2. The minimum absolute atomic E-state index is 0.0512. The molecule has 4 rings (SSSR count). The van der Waals surface area contributed by atoms with Crippen LogP contribution in [0, 0.1) is 13.8 Å². The SMILES string of the molecule is CCOC(=O)c1sc(NC(=O)[C@H](C)Sc2nnc(CNC(=O)c3ccco3)n2-c2cccc(C)c2)c(C(=O)OCC)c1C. The predicted octanol–water partition coefficient (Wildman–Crippen LogP) is 4.94. The maximum Gasteiger partial charge on any atom is 0.348 e. The van der Waals surface area contributed by atoms with Crippen molar-refractivity contribution in [2.75, 3.05) is 18.5 Å². The summed E-state index contributed by atoms with van der Waals surface area (Å²) in [7, 11) is 0. The lowest BCUT2D eigenvalue weighted by molar-refractivity contribution is -0.115. The molecule has 226 valence electrons. The number of thiophene rings is 1. The van der Waals surface area contributed by atoms with Crippen molar-refractivity contribution >= 4 is 51.9 Å².